The van der Waals surface area contributed by atoms with Gasteiger partial charge in [-0.15, -0.1) is 0 Å². The lowest BCUT2D eigenvalue weighted by Crippen LogP contribution is -2.36. The first-order chi connectivity index (χ1) is 8.15. The van der Waals surface area contributed by atoms with Gasteiger partial charge in [0.25, 0.3) is 0 Å². The van der Waals surface area contributed by atoms with E-state index in [9.17, 15) is 0 Å². The Bertz CT molecular complexity index is 312. The van der Waals surface area contributed by atoms with Crippen LogP contribution in [0.5, 0.6) is 0 Å². The molecule has 0 aliphatic heterocycles. The third-order valence-electron chi connectivity index (χ3n) is 2.61. The zero-order valence-electron chi connectivity index (χ0n) is 10.6. The topological polar surface area (TPSA) is 30.5 Å². The molecule has 0 aliphatic carbocycles. The molecule has 0 amide bonds. The van der Waals surface area contributed by atoms with Crippen molar-refractivity contribution in [2.45, 2.75) is 25.7 Å². The van der Waals surface area contributed by atoms with E-state index in [1.54, 1.807) is 14.2 Å². The van der Waals surface area contributed by atoms with Gasteiger partial charge in [-0.3, -0.25) is 0 Å². The quantitative estimate of drug-likeness (QED) is 0.762. The SMILES string of the molecule is COC(CNC(C)Cc1ccc(Cl)cc1)OC. The molecule has 96 valence electrons. The molecule has 1 aromatic carbocycles. The van der Waals surface area contributed by atoms with E-state index in [0.717, 1.165) is 11.4 Å². The van der Waals surface area contributed by atoms with Crippen LogP contribution in [0.25, 0.3) is 0 Å². The van der Waals surface area contributed by atoms with Gasteiger partial charge in [-0.05, 0) is 31.0 Å². The number of benzene rings is 1. The lowest BCUT2D eigenvalue weighted by Gasteiger charge is -2.18. The number of rotatable bonds is 7. The molecule has 3 nitrogen and oxygen atoms in total. The maximum Gasteiger partial charge on any atom is 0.169 e. The molecule has 0 aliphatic rings. The maximum atomic E-state index is 5.84. The second kappa shape index (κ2) is 7.67. The molecular formula is C13H20ClNO2. The highest BCUT2D eigenvalue weighted by molar-refractivity contribution is 6.30. The summed E-state index contributed by atoms with van der Waals surface area (Å²) >= 11 is 5.84. The van der Waals surface area contributed by atoms with Crippen LogP contribution in [0.1, 0.15) is 12.5 Å². The lowest BCUT2D eigenvalue weighted by atomic mass is 10.1. The molecular weight excluding hydrogens is 238 g/mol. The van der Waals surface area contributed by atoms with Gasteiger partial charge in [-0.25, -0.2) is 0 Å². The van der Waals surface area contributed by atoms with Crippen LogP contribution in [0.4, 0.5) is 0 Å². The molecule has 0 saturated carbocycles. The lowest BCUT2D eigenvalue weighted by molar-refractivity contribution is -0.0996. The zero-order valence-corrected chi connectivity index (χ0v) is 11.3. The zero-order chi connectivity index (χ0) is 12.7. The highest BCUT2D eigenvalue weighted by atomic mass is 35.5. The van der Waals surface area contributed by atoms with Gasteiger partial charge in [-0.2, -0.15) is 0 Å². The summed E-state index contributed by atoms with van der Waals surface area (Å²) in [5, 5.41) is 4.14. The predicted octanol–water partition coefficient (Wildman–Crippen LogP) is 2.48. The first-order valence-corrected chi connectivity index (χ1v) is 6.07. The van der Waals surface area contributed by atoms with Gasteiger partial charge in [0.15, 0.2) is 6.29 Å². The fourth-order valence-corrected chi connectivity index (χ4v) is 1.73. The Labute approximate surface area is 108 Å². The Kier molecular flexibility index (Phi) is 6.52. The fourth-order valence-electron chi connectivity index (χ4n) is 1.61. The number of halogens is 1. The number of hydrogen-bond acceptors (Lipinski definition) is 3. The van der Waals surface area contributed by atoms with E-state index in [1.165, 1.54) is 5.56 Å². The molecule has 0 heterocycles. The molecule has 0 saturated heterocycles. The Morgan fingerprint density at radius 2 is 1.76 bits per heavy atom. The van der Waals surface area contributed by atoms with E-state index in [4.69, 9.17) is 21.1 Å². The molecule has 1 unspecified atom stereocenters. The second-order valence-electron chi connectivity index (χ2n) is 4.04. The van der Waals surface area contributed by atoms with Crippen molar-refractivity contribution in [3.8, 4) is 0 Å². The second-order valence-corrected chi connectivity index (χ2v) is 4.48. The van der Waals surface area contributed by atoms with Gasteiger partial charge < -0.3 is 14.8 Å². The first kappa shape index (κ1) is 14.5. The van der Waals surface area contributed by atoms with Gasteiger partial charge in [0, 0.05) is 31.8 Å². The molecule has 0 fully saturated rings. The van der Waals surface area contributed by atoms with Crippen molar-refractivity contribution in [3.05, 3.63) is 34.9 Å². The first-order valence-electron chi connectivity index (χ1n) is 5.69. The molecule has 1 aromatic rings. The summed E-state index contributed by atoms with van der Waals surface area (Å²) in [6.45, 7) is 2.82. The summed E-state index contributed by atoms with van der Waals surface area (Å²) in [6.07, 6.45) is 0.764. The summed E-state index contributed by atoms with van der Waals surface area (Å²) in [6, 6.07) is 8.28. The maximum absolute atomic E-state index is 5.84. The minimum atomic E-state index is -0.192. The molecule has 0 aromatic heterocycles. The largest absolute Gasteiger partial charge is 0.355 e. The smallest absolute Gasteiger partial charge is 0.169 e. The van der Waals surface area contributed by atoms with E-state index < -0.39 is 0 Å². The predicted molar refractivity (Wildman–Crippen MR) is 70.4 cm³/mol. The van der Waals surface area contributed by atoms with Crippen LogP contribution in [0.2, 0.25) is 5.02 Å². The molecule has 4 heteroatoms. The molecule has 1 rings (SSSR count). The third kappa shape index (κ3) is 5.50. The average molecular weight is 258 g/mol. The number of ether oxygens (including phenoxy) is 2. The summed E-state index contributed by atoms with van der Waals surface area (Å²) in [5.74, 6) is 0. The van der Waals surface area contributed by atoms with Gasteiger partial charge in [0.05, 0.1) is 0 Å². The van der Waals surface area contributed by atoms with E-state index in [2.05, 4.69) is 12.2 Å². The van der Waals surface area contributed by atoms with E-state index in [1.807, 2.05) is 24.3 Å². The van der Waals surface area contributed by atoms with Crippen LogP contribution >= 0.6 is 11.6 Å². The van der Waals surface area contributed by atoms with Gasteiger partial charge in [-0.1, -0.05) is 23.7 Å². The molecule has 0 spiro atoms. The number of methoxy groups -OCH3 is 2. The molecule has 0 radical (unpaired) electrons. The summed E-state index contributed by atoms with van der Waals surface area (Å²) in [5.41, 5.74) is 1.26. The Morgan fingerprint density at radius 1 is 1.18 bits per heavy atom. The van der Waals surface area contributed by atoms with Crippen molar-refractivity contribution in [2.24, 2.45) is 0 Å². The minimum Gasteiger partial charge on any atom is -0.355 e. The van der Waals surface area contributed by atoms with Crippen molar-refractivity contribution in [1.29, 1.82) is 0 Å². The van der Waals surface area contributed by atoms with E-state index in [0.29, 0.717) is 12.6 Å². The van der Waals surface area contributed by atoms with Gasteiger partial charge >= 0.3 is 0 Å². The van der Waals surface area contributed by atoms with Crippen LogP contribution in [-0.2, 0) is 15.9 Å². The normalized spacial score (nSPS) is 13.0. The summed E-state index contributed by atoms with van der Waals surface area (Å²) < 4.78 is 10.2. The van der Waals surface area contributed by atoms with Crippen molar-refractivity contribution in [2.75, 3.05) is 20.8 Å². The van der Waals surface area contributed by atoms with Crippen molar-refractivity contribution >= 4 is 11.6 Å². The van der Waals surface area contributed by atoms with Gasteiger partial charge in [0.1, 0.15) is 0 Å². The van der Waals surface area contributed by atoms with Crippen molar-refractivity contribution in [3.63, 3.8) is 0 Å². The average Bonchev–Trinajstić information content (AvgIpc) is 2.33. The van der Waals surface area contributed by atoms with E-state index >= 15 is 0 Å². The Balaban J connectivity index is 2.34. The standard InChI is InChI=1S/C13H20ClNO2/c1-10(15-9-13(16-2)17-3)8-11-4-6-12(14)7-5-11/h4-7,10,13,15H,8-9H2,1-3H3. The Morgan fingerprint density at radius 3 is 2.29 bits per heavy atom. The highest BCUT2D eigenvalue weighted by Crippen LogP contribution is 2.11. The van der Waals surface area contributed by atoms with Crippen LogP contribution in [-0.4, -0.2) is 33.1 Å². The summed E-state index contributed by atoms with van der Waals surface area (Å²) in [4.78, 5) is 0. The molecule has 1 atom stereocenters. The highest BCUT2D eigenvalue weighted by Gasteiger charge is 2.08. The fraction of sp³-hybridized carbons (Fsp3) is 0.538. The molecule has 17 heavy (non-hydrogen) atoms. The van der Waals surface area contributed by atoms with E-state index in [-0.39, 0.29) is 6.29 Å². The van der Waals surface area contributed by atoms with Crippen LogP contribution in [0.3, 0.4) is 0 Å². The Hall–Kier alpha value is -0.610. The summed E-state index contributed by atoms with van der Waals surface area (Å²) in [7, 11) is 3.28. The van der Waals surface area contributed by atoms with Crippen molar-refractivity contribution < 1.29 is 9.47 Å². The number of nitrogens with one attached hydrogen (secondary N) is 1. The van der Waals surface area contributed by atoms with Gasteiger partial charge in [0.2, 0.25) is 0 Å². The minimum absolute atomic E-state index is 0.192. The molecule has 0 bridgehead atoms. The van der Waals surface area contributed by atoms with Crippen LogP contribution < -0.4 is 5.32 Å². The van der Waals surface area contributed by atoms with Crippen LogP contribution in [0.15, 0.2) is 24.3 Å². The monoisotopic (exact) mass is 257 g/mol. The third-order valence-corrected chi connectivity index (χ3v) is 2.87. The van der Waals surface area contributed by atoms with Crippen molar-refractivity contribution in [1.82, 2.24) is 5.32 Å². The number of hydrogen-bond donors (Lipinski definition) is 1. The molecule has 1 N–H and O–H groups in total. The van der Waals surface area contributed by atoms with Crippen LogP contribution in [0, 0.1) is 0 Å².